The summed E-state index contributed by atoms with van der Waals surface area (Å²) in [5.41, 5.74) is 0. The molecule has 0 radical (unpaired) electrons. The van der Waals surface area contributed by atoms with E-state index >= 15 is 0 Å². The van der Waals surface area contributed by atoms with Crippen molar-refractivity contribution < 1.29 is 21.4 Å². The van der Waals surface area contributed by atoms with Crippen LogP contribution in [0.4, 0.5) is 4.39 Å². The minimum Gasteiger partial charge on any atom is -1.00 e. The molecule has 0 saturated carbocycles. The number of benzene rings is 1. The Hall–Kier alpha value is 0.686. The van der Waals surface area contributed by atoms with E-state index in [0.29, 0.717) is 5.02 Å². The maximum atomic E-state index is 12.3. The summed E-state index contributed by atoms with van der Waals surface area (Å²) < 4.78 is 13.2. The number of halogens is 3. The second kappa shape index (κ2) is 4.54. The van der Waals surface area contributed by atoms with E-state index in [1.165, 1.54) is 12.1 Å². The van der Waals surface area contributed by atoms with Gasteiger partial charge in [0, 0.05) is 0 Å². The average molecular weight is 234 g/mol. The Labute approximate surface area is 87.0 Å². The van der Waals surface area contributed by atoms with Crippen LogP contribution in [0.2, 0.25) is 5.02 Å². The maximum absolute atomic E-state index is 12.3. The average Bonchev–Trinajstić information content (AvgIpc) is 1.80. The van der Waals surface area contributed by atoms with Crippen LogP contribution in [0.15, 0.2) is 18.2 Å². The normalized spacial score (nSPS) is 8.80. The van der Waals surface area contributed by atoms with Gasteiger partial charge in [0.1, 0.15) is 0 Å². The topological polar surface area (TPSA) is 0 Å². The van der Waals surface area contributed by atoms with E-state index in [-0.39, 0.29) is 22.8 Å². The van der Waals surface area contributed by atoms with Crippen LogP contribution in [0.1, 0.15) is 0 Å². The van der Waals surface area contributed by atoms with E-state index in [9.17, 15) is 4.39 Å². The summed E-state index contributed by atoms with van der Waals surface area (Å²) >= 11 is 7.22. The predicted molar refractivity (Wildman–Crippen MR) is 36.8 cm³/mol. The van der Waals surface area contributed by atoms with E-state index in [1.54, 1.807) is 27.8 Å². The minimum absolute atomic E-state index is 0. The van der Waals surface area contributed by atoms with Crippen LogP contribution >= 0.6 is 11.6 Å². The molecular weight excluding hydrogens is 231 g/mol. The second-order valence-corrected chi connectivity index (χ2v) is 2.90. The zero-order chi connectivity index (χ0) is 6.85. The van der Waals surface area contributed by atoms with Gasteiger partial charge in [0.15, 0.2) is 0 Å². The SMILES string of the molecule is Fc1cc[c]([Mg+])c(Cl)c1.[Br-]. The Morgan fingerprint density at radius 2 is 2.00 bits per heavy atom. The van der Waals surface area contributed by atoms with Crippen LogP contribution in [-0.2, 0) is 0 Å². The van der Waals surface area contributed by atoms with Gasteiger partial charge < -0.3 is 17.0 Å². The Kier molecular flexibility index (Phi) is 4.85. The van der Waals surface area contributed by atoms with Crippen LogP contribution < -0.4 is 20.7 Å². The van der Waals surface area contributed by atoms with Gasteiger partial charge in [-0.25, -0.2) is 0 Å². The molecule has 0 amide bonds. The van der Waals surface area contributed by atoms with E-state index in [1.807, 2.05) is 0 Å². The summed E-state index contributed by atoms with van der Waals surface area (Å²) in [7, 11) is 0. The van der Waals surface area contributed by atoms with Gasteiger partial charge in [-0.15, -0.1) is 0 Å². The third kappa shape index (κ3) is 2.74. The van der Waals surface area contributed by atoms with Crippen LogP contribution in [0.5, 0.6) is 0 Å². The molecule has 0 atom stereocenters. The fourth-order valence-corrected chi connectivity index (χ4v) is 0.909. The van der Waals surface area contributed by atoms with Crippen molar-refractivity contribution in [3.63, 3.8) is 0 Å². The van der Waals surface area contributed by atoms with Crippen LogP contribution in [0.25, 0.3) is 0 Å². The first-order valence-corrected chi connectivity index (χ1v) is 3.55. The van der Waals surface area contributed by atoms with Gasteiger partial charge in [-0.05, 0) is 0 Å². The van der Waals surface area contributed by atoms with E-state index in [0.717, 1.165) is 3.69 Å². The standard InChI is InChI=1S/C6H3ClF.BrH.Mg/c7-5-2-1-3-6(8)4-5;;/h1,3-4H;1H;/q;;+1/p-1. The number of rotatable bonds is 0. The number of hydrogen-bond acceptors (Lipinski definition) is 0. The summed E-state index contributed by atoms with van der Waals surface area (Å²) in [6, 6.07) is 4.37. The largest absolute Gasteiger partial charge is 1.00 e. The quantitative estimate of drug-likeness (QED) is 0.468. The molecule has 0 aliphatic rings. The minimum atomic E-state index is -0.282. The molecule has 1 aromatic rings. The van der Waals surface area contributed by atoms with E-state index < -0.39 is 0 Å². The van der Waals surface area contributed by atoms with Gasteiger partial charge in [0.05, 0.1) is 0 Å². The Bertz CT molecular complexity index is 229. The molecule has 0 aliphatic carbocycles. The third-order valence-electron chi connectivity index (χ3n) is 1.02. The molecule has 1 aromatic carbocycles. The van der Waals surface area contributed by atoms with Crippen molar-refractivity contribution in [2.45, 2.75) is 0 Å². The molecule has 0 unspecified atom stereocenters. The van der Waals surface area contributed by atoms with E-state index in [2.05, 4.69) is 0 Å². The first kappa shape index (κ1) is 10.7. The molecule has 0 nitrogen and oxygen atoms in total. The molecular formula is C6H3BrClFMg. The molecule has 0 fully saturated rings. The van der Waals surface area contributed by atoms with Gasteiger partial charge in [0.2, 0.25) is 0 Å². The molecule has 50 valence electrons. The first-order chi connectivity index (χ1) is 4.20. The van der Waals surface area contributed by atoms with Crippen molar-refractivity contribution in [3.8, 4) is 0 Å². The third-order valence-corrected chi connectivity index (χ3v) is 2.21. The van der Waals surface area contributed by atoms with Crippen molar-refractivity contribution in [2.24, 2.45) is 0 Å². The van der Waals surface area contributed by atoms with Crippen molar-refractivity contribution in [3.05, 3.63) is 29.0 Å². The molecule has 0 saturated heterocycles. The molecule has 4 heteroatoms. The van der Waals surface area contributed by atoms with Gasteiger partial charge in [-0.2, -0.15) is 0 Å². The number of hydrogen-bond donors (Lipinski definition) is 0. The summed E-state index contributed by atoms with van der Waals surface area (Å²) in [5.74, 6) is -0.282. The molecule has 0 spiro atoms. The molecule has 1 rings (SSSR count). The first-order valence-electron chi connectivity index (χ1n) is 2.47. The van der Waals surface area contributed by atoms with E-state index in [4.69, 9.17) is 11.6 Å². The summed E-state index contributed by atoms with van der Waals surface area (Å²) in [4.78, 5) is 0. The molecule has 0 heterocycles. The monoisotopic (exact) mass is 232 g/mol. The molecule has 0 aromatic heterocycles. The molecule has 0 bridgehead atoms. The zero-order valence-corrected chi connectivity index (χ0v) is 8.83. The summed E-state index contributed by atoms with van der Waals surface area (Å²) in [6.07, 6.45) is 0. The Morgan fingerprint density at radius 1 is 1.40 bits per heavy atom. The maximum Gasteiger partial charge on any atom is -1.00 e. The van der Waals surface area contributed by atoms with Gasteiger partial charge in [-0.1, -0.05) is 0 Å². The molecule has 0 aliphatic heterocycles. The van der Waals surface area contributed by atoms with Crippen molar-refractivity contribution in [1.29, 1.82) is 0 Å². The van der Waals surface area contributed by atoms with Crippen molar-refractivity contribution in [2.75, 3.05) is 0 Å². The molecule has 10 heavy (non-hydrogen) atoms. The fourth-order valence-electron chi connectivity index (χ4n) is 0.522. The van der Waals surface area contributed by atoms with Crippen LogP contribution in [0, 0.1) is 5.82 Å². The second-order valence-electron chi connectivity index (χ2n) is 1.74. The summed E-state index contributed by atoms with van der Waals surface area (Å²) in [6.45, 7) is 0. The molecule has 0 N–H and O–H groups in total. The fraction of sp³-hybridized carbons (Fsp3) is 0. The Morgan fingerprint density at radius 3 is 2.40 bits per heavy atom. The van der Waals surface area contributed by atoms with Crippen molar-refractivity contribution in [1.82, 2.24) is 0 Å². The van der Waals surface area contributed by atoms with Crippen LogP contribution in [0.3, 0.4) is 0 Å². The zero-order valence-electron chi connectivity index (χ0n) is 5.07. The van der Waals surface area contributed by atoms with Gasteiger partial charge in [0.25, 0.3) is 0 Å². The van der Waals surface area contributed by atoms with Crippen LogP contribution in [-0.4, -0.2) is 21.7 Å². The smallest absolute Gasteiger partial charge is 1.00 e. The summed E-state index contributed by atoms with van der Waals surface area (Å²) in [5, 5.41) is 0.494. The van der Waals surface area contributed by atoms with Crippen molar-refractivity contribution >= 4 is 37.0 Å². The van der Waals surface area contributed by atoms with Gasteiger partial charge >= 0.3 is 70.4 Å². The predicted octanol–water partition coefficient (Wildman–Crippen LogP) is -1.72. The van der Waals surface area contributed by atoms with Gasteiger partial charge in [-0.3, -0.25) is 0 Å². The Balaban J connectivity index is 0.000000810.